The molecule has 1 aromatic heterocycles. The van der Waals surface area contributed by atoms with Gasteiger partial charge in [-0.15, -0.1) is 11.3 Å². The van der Waals surface area contributed by atoms with Crippen LogP contribution in [-0.4, -0.2) is 41.9 Å². The van der Waals surface area contributed by atoms with Gasteiger partial charge in [0.1, 0.15) is 15.6 Å². The Hall–Kier alpha value is -3.19. The minimum atomic E-state index is -0.111. The summed E-state index contributed by atoms with van der Waals surface area (Å²) in [7, 11) is 1.63. The standard InChI is InChI=1S/C28H33N3O3S/c1-18-9-11-22(12-10-18)27-30-20(3)25(35-27)28(33)31-15-13-21(14-16-31)19(2)26(32)29-17-23-7-5-6-8-24(23)34-4/h5-12,19,21H,13-17H2,1-4H3,(H,29,32)/t19-/m1/s1. The number of hydrogen-bond acceptors (Lipinski definition) is 5. The molecular weight excluding hydrogens is 458 g/mol. The molecular formula is C28H33N3O3S. The van der Waals surface area contributed by atoms with Crippen LogP contribution in [0.3, 0.4) is 0 Å². The first-order valence-corrected chi connectivity index (χ1v) is 12.9. The Morgan fingerprint density at radius 2 is 1.80 bits per heavy atom. The molecule has 0 spiro atoms. The fourth-order valence-corrected chi connectivity index (χ4v) is 5.61. The van der Waals surface area contributed by atoms with E-state index in [1.54, 1.807) is 7.11 Å². The molecule has 6 nitrogen and oxygen atoms in total. The number of piperidine rings is 1. The predicted molar refractivity (Wildman–Crippen MR) is 140 cm³/mol. The molecule has 1 saturated heterocycles. The van der Waals surface area contributed by atoms with Crippen molar-refractivity contribution in [3.63, 3.8) is 0 Å². The minimum absolute atomic E-state index is 0.0433. The van der Waals surface area contributed by atoms with Crippen molar-refractivity contribution in [3.05, 3.63) is 70.2 Å². The fourth-order valence-electron chi connectivity index (χ4n) is 4.57. The molecule has 3 aromatic rings. The van der Waals surface area contributed by atoms with Gasteiger partial charge >= 0.3 is 0 Å². The first-order valence-electron chi connectivity index (χ1n) is 12.1. The number of amides is 2. The summed E-state index contributed by atoms with van der Waals surface area (Å²) in [5, 5.41) is 3.93. The molecule has 2 heterocycles. The van der Waals surface area contributed by atoms with Crippen LogP contribution in [0.25, 0.3) is 10.6 Å². The van der Waals surface area contributed by atoms with Crippen molar-refractivity contribution in [1.82, 2.24) is 15.2 Å². The van der Waals surface area contributed by atoms with Gasteiger partial charge in [0.2, 0.25) is 5.91 Å². The fraction of sp³-hybridized carbons (Fsp3) is 0.393. The second-order valence-electron chi connectivity index (χ2n) is 9.25. The van der Waals surface area contributed by atoms with Crippen molar-refractivity contribution < 1.29 is 14.3 Å². The molecule has 0 aliphatic carbocycles. The Kier molecular flexibility index (Phi) is 7.86. The van der Waals surface area contributed by atoms with E-state index in [2.05, 4.69) is 29.4 Å². The Morgan fingerprint density at radius 1 is 1.11 bits per heavy atom. The Balaban J connectivity index is 1.32. The summed E-state index contributed by atoms with van der Waals surface area (Å²) in [5.41, 5.74) is 3.97. The highest BCUT2D eigenvalue weighted by Crippen LogP contribution is 2.31. The summed E-state index contributed by atoms with van der Waals surface area (Å²) in [5.74, 6) is 1.01. The monoisotopic (exact) mass is 491 g/mol. The lowest BCUT2D eigenvalue weighted by molar-refractivity contribution is -0.126. The predicted octanol–water partition coefficient (Wildman–Crippen LogP) is 5.24. The number of rotatable bonds is 7. The third kappa shape index (κ3) is 5.73. The van der Waals surface area contributed by atoms with Crippen molar-refractivity contribution in [2.75, 3.05) is 20.2 Å². The van der Waals surface area contributed by atoms with E-state index in [0.717, 1.165) is 40.4 Å². The van der Waals surface area contributed by atoms with Gasteiger partial charge in [-0.3, -0.25) is 9.59 Å². The number of carbonyl (C=O) groups is 2. The first kappa shape index (κ1) is 24.9. The molecule has 2 amide bonds. The number of nitrogens with zero attached hydrogens (tertiary/aromatic N) is 2. The zero-order valence-electron chi connectivity index (χ0n) is 20.8. The number of benzene rings is 2. The van der Waals surface area contributed by atoms with E-state index >= 15 is 0 Å². The quantitative estimate of drug-likeness (QED) is 0.491. The Bertz CT molecular complexity index is 1180. The van der Waals surface area contributed by atoms with E-state index in [0.29, 0.717) is 24.5 Å². The maximum Gasteiger partial charge on any atom is 0.265 e. The first-order chi connectivity index (χ1) is 16.9. The van der Waals surface area contributed by atoms with Crippen LogP contribution < -0.4 is 10.1 Å². The Labute approximate surface area is 211 Å². The average molecular weight is 492 g/mol. The molecule has 0 unspecified atom stereocenters. The average Bonchev–Trinajstić information content (AvgIpc) is 3.28. The van der Waals surface area contributed by atoms with Crippen molar-refractivity contribution >= 4 is 23.2 Å². The van der Waals surface area contributed by atoms with Crippen LogP contribution in [-0.2, 0) is 11.3 Å². The van der Waals surface area contributed by atoms with Gasteiger partial charge in [-0.25, -0.2) is 4.98 Å². The maximum atomic E-state index is 13.3. The van der Waals surface area contributed by atoms with Gasteiger partial charge < -0.3 is 15.0 Å². The van der Waals surface area contributed by atoms with Gasteiger partial charge in [-0.05, 0) is 38.7 Å². The topological polar surface area (TPSA) is 71.5 Å². The number of nitrogens with one attached hydrogen (secondary N) is 1. The second kappa shape index (κ2) is 11.0. The number of likely N-dealkylation sites (tertiary alicyclic amines) is 1. The summed E-state index contributed by atoms with van der Waals surface area (Å²) in [6.45, 7) is 7.71. The van der Waals surface area contributed by atoms with Crippen LogP contribution in [0.5, 0.6) is 5.75 Å². The van der Waals surface area contributed by atoms with Crippen LogP contribution >= 0.6 is 11.3 Å². The summed E-state index contributed by atoms with van der Waals surface area (Å²) < 4.78 is 5.37. The van der Waals surface area contributed by atoms with Crippen LogP contribution in [0.1, 0.15) is 46.3 Å². The summed E-state index contributed by atoms with van der Waals surface area (Å²) in [6, 6.07) is 15.9. The zero-order valence-corrected chi connectivity index (χ0v) is 21.7. The smallest absolute Gasteiger partial charge is 0.265 e. The normalized spacial score (nSPS) is 15.0. The number of hydrogen-bond donors (Lipinski definition) is 1. The lowest BCUT2D eigenvalue weighted by Crippen LogP contribution is -2.42. The van der Waals surface area contributed by atoms with Crippen LogP contribution in [0.15, 0.2) is 48.5 Å². The van der Waals surface area contributed by atoms with Gasteiger partial charge in [0, 0.05) is 36.7 Å². The molecule has 4 rings (SSSR count). The number of methoxy groups -OCH3 is 1. The van der Waals surface area contributed by atoms with Crippen molar-refractivity contribution in [3.8, 4) is 16.3 Å². The van der Waals surface area contributed by atoms with Gasteiger partial charge in [-0.2, -0.15) is 0 Å². The van der Waals surface area contributed by atoms with Crippen molar-refractivity contribution in [1.29, 1.82) is 0 Å². The second-order valence-corrected chi connectivity index (χ2v) is 10.2. The van der Waals surface area contributed by atoms with Gasteiger partial charge in [0.05, 0.1) is 12.8 Å². The molecule has 1 N–H and O–H groups in total. The van der Waals surface area contributed by atoms with Crippen molar-refractivity contribution in [2.24, 2.45) is 11.8 Å². The van der Waals surface area contributed by atoms with Crippen LogP contribution in [0.2, 0.25) is 0 Å². The highest BCUT2D eigenvalue weighted by atomic mass is 32.1. The molecule has 0 bridgehead atoms. The molecule has 0 radical (unpaired) electrons. The van der Waals surface area contributed by atoms with Crippen molar-refractivity contribution in [2.45, 2.75) is 40.2 Å². The van der Waals surface area contributed by atoms with Crippen LogP contribution in [0, 0.1) is 25.7 Å². The van der Waals surface area contributed by atoms with E-state index in [9.17, 15) is 9.59 Å². The van der Waals surface area contributed by atoms with E-state index in [-0.39, 0.29) is 23.7 Å². The molecule has 1 atom stereocenters. The Morgan fingerprint density at radius 3 is 2.49 bits per heavy atom. The molecule has 2 aromatic carbocycles. The third-order valence-corrected chi connectivity index (χ3v) is 8.08. The molecule has 184 valence electrons. The number of para-hydroxylation sites is 1. The highest BCUT2D eigenvalue weighted by Gasteiger charge is 2.31. The molecule has 1 aliphatic heterocycles. The summed E-state index contributed by atoms with van der Waals surface area (Å²) in [6.07, 6.45) is 1.63. The number of carbonyl (C=O) groups excluding carboxylic acids is 2. The lowest BCUT2D eigenvalue weighted by Gasteiger charge is -2.34. The van der Waals surface area contributed by atoms with E-state index in [1.807, 2.05) is 55.1 Å². The van der Waals surface area contributed by atoms with Gasteiger partial charge in [0.25, 0.3) is 5.91 Å². The highest BCUT2D eigenvalue weighted by molar-refractivity contribution is 7.17. The van der Waals surface area contributed by atoms with E-state index in [1.165, 1.54) is 16.9 Å². The number of aryl methyl sites for hydroxylation is 2. The number of aromatic nitrogens is 1. The minimum Gasteiger partial charge on any atom is -0.496 e. The van der Waals surface area contributed by atoms with Crippen LogP contribution in [0.4, 0.5) is 0 Å². The molecule has 7 heteroatoms. The lowest BCUT2D eigenvalue weighted by atomic mass is 9.84. The third-order valence-electron chi connectivity index (χ3n) is 6.88. The molecule has 35 heavy (non-hydrogen) atoms. The molecule has 1 fully saturated rings. The largest absolute Gasteiger partial charge is 0.496 e. The van der Waals surface area contributed by atoms with E-state index in [4.69, 9.17) is 4.74 Å². The number of thiazole rings is 1. The van der Waals surface area contributed by atoms with Gasteiger partial charge in [0.15, 0.2) is 0 Å². The molecule has 1 aliphatic rings. The van der Waals surface area contributed by atoms with E-state index < -0.39 is 0 Å². The molecule has 0 saturated carbocycles. The van der Waals surface area contributed by atoms with Gasteiger partial charge in [-0.1, -0.05) is 55.0 Å². The SMILES string of the molecule is COc1ccccc1CNC(=O)[C@H](C)C1CCN(C(=O)c2sc(-c3ccc(C)cc3)nc2C)CC1. The summed E-state index contributed by atoms with van der Waals surface area (Å²) in [4.78, 5) is 33.4. The zero-order chi connectivity index (χ0) is 24.9. The summed E-state index contributed by atoms with van der Waals surface area (Å²) >= 11 is 1.46. The number of ether oxygens (including phenoxy) is 1. The maximum absolute atomic E-state index is 13.3.